The molecule has 1 unspecified atom stereocenters. The van der Waals surface area contributed by atoms with E-state index in [1.807, 2.05) is 42.5 Å². The van der Waals surface area contributed by atoms with Crippen LogP contribution >= 0.6 is 0 Å². The molecule has 7 heteroatoms. The smallest absolute Gasteiger partial charge is 0.230 e. The van der Waals surface area contributed by atoms with Crippen LogP contribution in [0.1, 0.15) is 11.7 Å². The first kappa shape index (κ1) is 12.5. The molecule has 0 saturated heterocycles. The molecule has 1 aliphatic heterocycles. The van der Waals surface area contributed by atoms with Gasteiger partial charge in [0.1, 0.15) is 0 Å². The van der Waals surface area contributed by atoms with Gasteiger partial charge in [-0.05, 0) is 12.1 Å². The van der Waals surface area contributed by atoms with Crippen molar-refractivity contribution in [3.8, 4) is 11.4 Å². The second-order valence-electron chi connectivity index (χ2n) is 4.86. The van der Waals surface area contributed by atoms with Gasteiger partial charge in [0.05, 0.1) is 0 Å². The third-order valence-corrected chi connectivity index (χ3v) is 3.40. The van der Waals surface area contributed by atoms with Crippen LogP contribution in [0.5, 0.6) is 0 Å². The number of nitrogens with one attached hydrogen (secondary N) is 1. The number of nitrogens with two attached hydrogens (primary N) is 1. The molecule has 3 N–H and O–H groups in total. The number of hydrogen-bond donors (Lipinski definition) is 2. The van der Waals surface area contributed by atoms with E-state index in [4.69, 9.17) is 5.73 Å². The first-order valence-electron chi connectivity index (χ1n) is 6.83. The Morgan fingerprint density at radius 3 is 2.59 bits per heavy atom. The fraction of sp³-hybridized carbons (Fsp3) is 0.0667. The van der Waals surface area contributed by atoms with E-state index in [-0.39, 0.29) is 6.17 Å². The van der Waals surface area contributed by atoms with E-state index < -0.39 is 0 Å². The summed E-state index contributed by atoms with van der Waals surface area (Å²) < 4.78 is 1.73. The number of benzene rings is 1. The number of guanidine groups is 1. The van der Waals surface area contributed by atoms with Crippen LogP contribution in [0.4, 0.5) is 5.95 Å². The number of aromatic nitrogens is 4. The van der Waals surface area contributed by atoms with E-state index >= 15 is 0 Å². The number of rotatable bonds is 2. The highest BCUT2D eigenvalue weighted by Crippen LogP contribution is 2.27. The van der Waals surface area contributed by atoms with Crippen molar-refractivity contribution in [2.75, 3.05) is 5.32 Å². The molecular formula is C15H13N7. The summed E-state index contributed by atoms with van der Waals surface area (Å²) in [4.78, 5) is 13.0. The minimum atomic E-state index is -0.343. The summed E-state index contributed by atoms with van der Waals surface area (Å²) in [7, 11) is 0. The van der Waals surface area contributed by atoms with Crippen LogP contribution in [0.2, 0.25) is 0 Å². The van der Waals surface area contributed by atoms with Crippen LogP contribution in [-0.2, 0) is 0 Å². The number of pyridine rings is 1. The molecule has 7 nitrogen and oxygen atoms in total. The standard InChI is InChI=1S/C15H13N7/c16-14-19-13(11-6-8-17-9-7-11)22-15(20-14)18-12(21-22)10-4-2-1-3-5-10/h1-9,13H,(H3,16,18,19,20,21). The monoisotopic (exact) mass is 291 g/mol. The molecule has 1 atom stereocenters. The third-order valence-electron chi connectivity index (χ3n) is 3.40. The zero-order chi connectivity index (χ0) is 14.9. The van der Waals surface area contributed by atoms with Gasteiger partial charge in [-0.2, -0.15) is 4.98 Å². The van der Waals surface area contributed by atoms with Crippen molar-refractivity contribution in [3.05, 3.63) is 60.4 Å². The van der Waals surface area contributed by atoms with E-state index in [0.29, 0.717) is 17.7 Å². The summed E-state index contributed by atoms with van der Waals surface area (Å²) in [6, 6.07) is 13.6. The van der Waals surface area contributed by atoms with Crippen molar-refractivity contribution in [2.24, 2.45) is 10.7 Å². The molecule has 0 aliphatic carbocycles. The third kappa shape index (κ3) is 2.08. The lowest BCUT2D eigenvalue weighted by Gasteiger charge is -2.20. The molecule has 22 heavy (non-hydrogen) atoms. The van der Waals surface area contributed by atoms with E-state index in [1.54, 1.807) is 17.1 Å². The molecular weight excluding hydrogens is 278 g/mol. The van der Waals surface area contributed by atoms with Crippen LogP contribution in [0.15, 0.2) is 59.9 Å². The maximum absolute atomic E-state index is 5.87. The largest absolute Gasteiger partial charge is 0.370 e. The minimum Gasteiger partial charge on any atom is -0.370 e. The van der Waals surface area contributed by atoms with Crippen LogP contribution < -0.4 is 11.1 Å². The second kappa shape index (κ2) is 4.96. The van der Waals surface area contributed by atoms with Gasteiger partial charge in [-0.1, -0.05) is 30.3 Å². The Kier molecular flexibility index (Phi) is 2.82. The summed E-state index contributed by atoms with van der Waals surface area (Å²) in [5.41, 5.74) is 7.76. The van der Waals surface area contributed by atoms with Crippen molar-refractivity contribution in [2.45, 2.75) is 6.17 Å². The normalized spacial score (nSPS) is 16.5. The molecule has 0 spiro atoms. The van der Waals surface area contributed by atoms with Gasteiger partial charge in [0.2, 0.25) is 5.95 Å². The Morgan fingerprint density at radius 1 is 1.05 bits per heavy atom. The molecule has 0 saturated carbocycles. The fourth-order valence-electron chi connectivity index (χ4n) is 2.37. The predicted molar refractivity (Wildman–Crippen MR) is 83.1 cm³/mol. The Morgan fingerprint density at radius 2 is 1.82 bits per heavy atom. The average Bonchev–Trinajstić information content (AvgIpc) is 2.99. The molecule has 0 fully saturated rings. The highest BCUT2D eigenvalue weighted by Gasteiger charge is 2.25. The zero-order valence-electron chi connectivity index (χ0n) is 11.6. The first-order valence-corrected chi connectivity index (χ1v) is 6.83. The quantitative estimate of drug-likeness (QED) is 0.748. The summed E-state index contributed by atoms with van der Waals surface area (Å²) in [6.07, 6.45) is 3.10. The number of fused-ring (bicyclic) bond motifs is 1. The molecule has 3 aromatic rings. The second-order valence-corrected chi connectivity index (χ2v) is 4.86. The van der Waals surface area contributed by atoms with Crippen LogP contribution in [-0.4, -0.2) is 25.7 Å². The summed E-state index contributed by atoms with van der Waals surface area (Å²) in [6.45, 7) is 0. The van der Waals surface area contributed by atoms with Crippen LogP contribution in [0.25, 0.3) is 11.4 Å². The predicted octanol–water partition coefficient (Wildman–Crippen LogP) is 1.63. The van der Waals surface area contributed by atoms with Crippen molar-refractivity contribution >= 4 is 11.9 Å². The number of hydrogen-bond acceptors (Lipinski definition) is 6. The summed E-state index contributed by atoms with van der Waals surface area (Å²) in [5, 5.41) is 7.52. The Bertz CT molecular complexity index is 824. The molecule has 2 aromatic heterocycles. The molecule has 3 heterocycles. The van der Waals surface area contributed by atoms with Gasteiger partial charge in [0, 0.05) is 23.5 Å². The van der Waals surface area contributed by atoms with Gasteiger partial charge < -0.3 is 5.73 Å². The Labute approximate surface area is 126 Å². The molecule has 4 rings (SSSR count). The maximum atomic E-state index is 5.87. The van der Waals surface area contributed by atoms with E-state index in [1.165, 1.54) is 0 Å². The van der Waals surface area contributed by atoms with Gasteiger partial charge in [-0.25, -0.2) is 9.67 Å². The molecule has 0 radical (unpaired) electrons. The van der Waals surface area contributed by atoms with Gasteiger partial charge >= 0.3 is 0 Å². The highest BCUT2D eigenvalue weighted by atomic mass is 15.5. The van der Waals surface area contributed by atoms with Gasteiger partial charge in [-0.15, -0.1) is 5.10 Å². The topological polar surface area (TPSA) is 94.0 Å². The summed E-state index contributed by atoms with van der Waals surface area (Å²) in [5.74, 6) is 1.53. The van der Waals surface area contributed by atoms with Crippen molar-refractivity contribution in [3.63, 3.8) is 0 Å². The Hall–Kier alpha value is -3.22. The molecule has 108 valence electrons. The first-order chi connectivity index (χ1) is 10.8. The number of nitrogens with zero attached hydrogens (tertiary/aromatic N) is 5. The number of aliphatic imine (C=N–C) groups is 1. The van der Waals surface area contributed by atoms with E-state index in [0.717, 1.165) is 11.1 Å². The lowest BCUT2D eigenvalue weighted by atomic mass is 10.2. The average molecular weight is 291 g/mol. The lowest BCUT2D eigenvalue weighted by Crippen LogP contribution is -2.32. The zero-order valence-corrected chi connectivity index (χ0v) is 11.6. The van der Waals surface area contributed by atoms with Crippen molar-refractivity contribution in [1.82, 2.24) is 19.7 Å². The van der Waals surface area contributed by atoms with Crippen molar-refractivity contribution in [1.29, 1.82) is 0 Å². The molecule has 0 amide bonds. The summed E-state index contributed by atoms with van der Waals surface area (Å²) >= 11 is 0. The fourth-order valence-corrected chi connectivity index (χ4v) is 2.37. The van der Waals surface area contributed by atoms with Crippen LogP contribution in [0, 0.1) is 0 Å². The molecule has 0 bridgehead atoms. The van der Waals surface area contributed by atoms with Gasteiger partial charge in [0.15, 0.2) is 17.9 Å². The SMILES string of the molecule is NC1=NC(c2ccncc2)n2nc(-c3ccccc3)nc2N1. The molecule has 1 aromatic carbocycles. The van der Waals surface area contributed by atoms with Crippen molar-refractivity contribution < 1.29 is 0 Å². The number of anilines is 1. The minimum absolute atomic E-state index is 0.321. The van der Waals surface area contributed by atoms with E-state index in [2.05, 4.69) is 25.4 Å². The molecule has 1 aliphatic rings. The Balaban J connectivity index is 1.81. The van der Waals surface area contributed by atoms with Gasteiger partial charge in [-0.3, -0.25) is 10.3 Å². The van der Waals surface area contributed by atoms with Gasteiger partial charge in [0.25, 0.3) is 0 Å². The lowest BCUT2D eigenvalue weighted by molar-refractivity contribution is 0.542. The van der Waals surface area contributed by atoms with E-state index in [9.17, 15) is 0 Å². The maximum Gasteiger partial charge on any atom is 0.230 e. The highest BCUT2D eigenvalue weighted by molar-refractivity contribution is 5.92. The van der Waals surface area contributed by atoms with Crippen LogP contribution in [0.3, 0.4) is 0 Å².